The van der Waals surface area contributed by atoms with Crippen molar-refractivity contribution in [2.45, 2.75) is 19.3 Å². The first-order valence-corrected chi connectivity index (χ1v) is 5.09. The summed E-state index contributed by atoms with van der Waals surface area (Å²) in [6.45, 7) is 2.12. The van der Waals surface area contributed by atoms with Gasteiger partial charge in [-0.1, -0.05) is 43.3 Å². The number of hydrogen-bond acceptors (Lipinski definition) is 1. The topological polar surface area (TPSA) is 17.1 Å². The molecule has 0 amide bonds. The highest BCUT2D eigenvalue weighted by Crippen LogP contribution is 2.34. The van der Waals surface area contributed by atoms with Gasteiger partial charge < -0.3 is 4.79 Å². The Bertz CT molecular complexity index is 365. The van der Waals surface area contributed by atoms with Gasteiger partial charge >= 0.3 is 0 Å². The van der Waals surface area contributed by atoms with Crippen LogP contribution in [0.25, 0.3) is 6.08 Å². The lowest BCUT2D eigenvalue weighted by molar-refractivity contribution is -0.109. The minimum atomic E-state index is 0.0567. The van der Waals surface area contributed by atoms with E-state index in [4.69, 9.17) is 0 Å². The van der Waals surface area contributed by atoms with Gasteiger partial charge in [0.25, 0.3) is 0 Å². The molecular formula is C13H14O. The second-order valence-corrected chi connectivity index (χ2v) is 3.72. The smallest absolute Gasteiger partial charge is 0.128 e. The van der Waals surface area contributed by atoms with Crippen LogP contribution < -0.4 is 0 Å². The summed E-state index contributed by atoms with van der Waals surface area (Å²) in [5, 5.41) is 0. The Labute approximate surface area is 84.5 Å². The summed E-state index contributed by atoms with van der Waals surface area (Å²) < 4.78 is 0. The normalized spacial score (nSPS) is 24.4. The summed E-state index contributed by atoms with van der Waals surface area (Å²) in [7, 11) is 0. The van der Waals surface area contributed by atoms with Crippen LogP contribution in [0.5, 0.6) is 0 Å². The van der Waals surface area contributed by atoms with Crippen molar-refractivity contribution in [3.8, 4) is 0 Å². The van der Waals surface area contributed by atoms with Gasteiger partial charge in [-0.15, -0.1) is 0 Å². The highest BCUT2D eigenvalue weighted by atomic mass is 16.1. The number of aldehydes is 1. The first-order valence-electron chi connectivity index (χ1n) is 5.09. The molecule has 0 radical (unpaired) electrons. The molecule has 72 valence electrons. The van der Waals surface area contributed by atoms with Gasteiger partial charge in [0, 0.05) is 5.92 Å². The van der Waals surface area contributed by atoms with Crippen LogP contribution in [0.4, 0.5) is 0 Å². The van der Waals surface area contributed by atoms with E-state index in [9.17, 15) is 4.79 Å². The minimum Gasteiger partial charge on any atom is -0.303 e. The summed E-state index contributed by atoms with van der Waals surface area (Å²) in [5.41, 5.74) is 2.37. The van der Waals surface area contributed by atoms with Crippen molar-refractivity contribution >= 4 is 12.4 Å². The average Bonchev–Trinajstić information content (AvgIpc) is 2.27. The van der Waals surface area contributed by atoms with E-state index >= 15 is 0 Å². The third kappa shape index (κ3) is 1.39. The second kappa shape index (κ2) is 3.79. The molecule has 0 unspecified atom stereocenters. The molecule has 1 aliphatic rings. The summed E-state index contributed by atoms with van der Waals surface area (Å²) in [5.74, 6) is 0.434. The molecule has 0 heterocycles. The Balaban J connectivity index is 2.46. The highest BCUT2D eigenvalue weighted by molar-refractivity contribution is 5.71. The lowest BCUT2D eigenvalue weighted by atomic mass is 9.79. The van der Waals surface area contributed by atoms with Gasteiger partial charge in [0.2, 0.25) is 0 Å². The van der Waals surface area contributed by atoms with E-state index in [2.05, 4.69) is 31.2 Å². The number of benzene rings is 1. The molecule has 1 aromatic carbocycles. The van der Waals surface area contributed by atoms with Crippen LogP contribution in [0.1, 0.15) is 30.4 Å². The van der Waals surface area contributed by atoms with Gasteiger partial charge in [0.1, 0.15) is 6.29 Å². The lowest BCUT2D eigenvalue weighted by Crippen LogP contribution is -2.15. The van der Waals surface area contributed by atoms with Crippen molar-refractivity contribution in [1.82, 2.24) is 0 Å². The van der Waals surface area contributed by atoms with Gasteiger partial charge in [-0.3, -0.25) is 0 Å². The SMILES string of the molecule is CC[C@H]1C=Cc2ccccc2[C@H]1C=O. The molecule has 0 N–H and O–H groups in total. The average molecular weight is 186 g/mol. The molecule has 1 aliphatic carbocycles. The third-order valence-electron chi connectivity index (χ3n) is 2.96. The van der Waals surface area contributed by atoms with Crippen molar-refractivity contribution in [2.75, 3.05) is 0 Å². The minimum absolute atomic E-state index is 0.0567. The predicted molar refractivity (Wildman–Crippen MR) is 58.1 cm³/mol. The molecule has 14 heavy (non-hydrogen) atoms. The monoisotopic (exact) mass is 186 g/mol. The Hall–Kier alpha value is -1.37. The van der Waals surface area contributed by atoms with Crippen molar-refractivity contribution in [3.05, 3.63) is 41.5 Å². The summed E-state index contributed by atoms with van der Waals surface area (Å²) in [6, 6.07) is 8.13. The fourth-order valence-corrected chi connectivity index (χ4v) is 2.11. The predicted octanol–water partition coefficient (Wildman–Crippen LogP) is 3.02. The molecule has 0 aliphatic heterocycles. The maximum Gasteiger partial charge on any atom is 0.128 e. The van der Waals surface area contributed by atoms with E-state index in [1.165, 1.54) is 11.1 Å². The molecular weight excluding hydrogens is 172 g/mol. The first-order chi connectivity index (χ1) is 6.86. The number of allylic oxidation sites excluding steroid dienone is 1. The van der Waals surface area contributed by atoms with Crippen LogP contribution in [0.2, 0.25) is 0 Å². The van der Waals surface area contributed by atoms with Crippen LogP contribution in [-0.4, -0.2) is 6.29 Å². The van der Waals surface area contributed by atoms with Crippen molar-refractivity contribution < 1.29 is 4.79 Å². The molecule has 2 atom stereocenters. The Kier molecular flexibility index (Phi) is 2.49. The summed E-state index contributed by atoms with van der Waals surface area (Å²) >= 11 is 0. The second-order valence-electron chi connectivity index (χ2n) is 3.72. The zero-order chi connectivity index (χ0) is 9.97. The molecule has 1 nitrogen and oxygen atoms in total. The molecule has 0 bridgehead atoms. The maximum atomic E-state index is 11.1. The quantitative estimate of drug-likeness (QED) is 0.649. The van der Waals surface area contributed by atoms with Crippen LogP contribution in [-0.2, 0) is 4.79 Å². The van der Waals surface area contributed by atoms with Gasteiger partial charge in [-0.05, 0) is 23.5 Å². The fourth-order valence-electron chi connectivity index (χ4n) is 2.11. The van der Waals surface area contributed by atoms with Gasteiger partial charge in [-0.25, -0.2) is 0 Å². The lowest BCUT2D eigenvalue weighted by Gasteiger charge is -2.24. The van der Waals surface area contributed by atoms with Gasteiger partial charge in [0.05, 0.1) is 0 Å². The van der Waals surface area contributed by atoms with E-state index in [0.29, 0.717) is 5.92 Å². The van der Waals surface area contributed by atoms with E-state index in [1.807, 2.05) is 12.1 Å². The standard InChI is InChI=1S/C13H14O/c1-2-10-7-8-11-5-3-4-6-12(11)13(10)9-14/h3-10,13H,2H2,1H3/t10-,13-/m0/s1. The van der Waals surface area contributed by atoms with Crippen LogP contribution in [0.3, 0.4) is 0 Å². The zero-order valence-electron chi connectivity index (χ0n) is 8.31. The molecule has 0 aromatic heterocycles. The van der Waals surface area contributed by atoms with Gasteiger partial charge in [-0.2, -0.15) is 0 Å². The van der Waals surface area contributed by atoms with Gasteiger partial charge in [0.15, 0.2) is 0 Å². The molecule has 0 spiro atoms. The number of hydrogen-bond donors (Lipinski definition) is 0. The van der Waals surface area contributed by atoms with Crippen molar-refractivity contribution in [3.63, 3.8) is 0 Å². The van der Waals surface area contributed by atoms with Crippen LogP contribution >= 0.6 is 0 Å². The molecule has 1 aromatic rings. The number of carbonyl (C=O) groups excluding carboxylic acids is 1. The Morgan fingerprint density at radius 2 is 2.14 bits per heavy atom. The Morgan fingerprint density at radius 3 is 2.86 bits per heavy atom. The van der Waals surface area contributed by atoms with E-state index < -0.39 is 0 Å². The third-order valence-corrected chi connectivity index (χ3v) is 2.96. The zero-order valence-corrected chi connectivity index (χ0v) is 8.31. The van der Waals surface area contributed by atoms with Crippen LogP contribution in [0.15, 0.2) is 30.3 Å². The van der Waals surface area contributed by atoms with E-state index in [0.717, 1.165) is 12.7 Å². The highest BCUT2D eigenvalue weighted by Gasteiger charge is 2.23. The molecule has 0 saturated carbocycles. The number of rotatable bonds is 2. The first kappa shape index (κ1) is 9.20. The largest absolute Gasteiger partial charge is 0.303 e. The summed E-state index contributed by atoms with van der Waals surface area (Å²) in [4.78, 5) is 11.1. The van der Waals surface area contributed by atoms with Crippen LogP contribution in [0, 0.1) is 5.92 Å². The van der Waals surface area contributed by atoms with E-state index in [-0.39, 0.29) is 5.92 Å². The van der Waals surface area contributed by atoms with E-state index in [1.54, 1.807) is 0 Å². The maximum absolute atomic E-state index is 11.1. The van der Waals surface area contributed by atoms with Crippen molar-refractivity contribution in [2.24, 2.45) is 5.92 Å². The molecule has 1 heteroatoms. The number of carbonyl (C=O) groups is 1. The molecule has 0 fully saturated rings. The fraction of sp³-hybridized carbons (Fsp3) is 0.308. The van der Waals surface area contributed by atoms with Crippen molar-refractivity contribution in [1.29, 1.82) is 0 Å². The Morgan fingerprint density at radius 1 is 1.36 bits per heavy atom. The molecule has 0 saturated heterocycles. The molecule has 2 rings (SSSR count). The summed E-state index contributed by atoms with van der Waals surface area (Å²) in [6.07, 6.45) is 6.38. The number of fused-ring (bicyclic) bond motifs is 1.